The van der Waals surface area contributed by atoms with Gasteiger partial charge in [0.2, 0.25) is 5.91 Å². The van der Waals surface area contributed by atoms with Gasteiger partial charge in [0, 0.05) is 16.3 Å². The molecule has 0 radical (unpaired) electrons. The molecule has 0 aliphatic carbocycles. The molecule has 0 saturated carbocycles. The minimum atomic E-state index is -3.92. The van der Waals surface area contributed by atoms with Gasteiger partial charge < -0.3 is 0 Å². The number of hydrogen-bond acceptors (Lipinski definition) is 4. The molecule has 0 aliphatic heterocycles. The molecule has 2 amide bonds. The van der Waals surface area contributed by atoms with E-state index in [2.05, 4.69) is 15.6 Å². The fraction of sp³-hybridized carbons (Fsp3) is 0.0909. The van der Waals surface area contributed by atoms with E-state index in [1.807, 2.05) is 0 Å². The van der Waals surface area contributed by atoms with Crippen molar-refractivity contribution in [2.75, 3.05) is 4.72 Å². The summed E-state index contributed by atoms with van der Waals surface area (Å²) in [5.74, 6) is -1.49. The number of halogens is 2. The van der Waals surface area contributed by atoms with Crippen LogP contribution in [-0.2, 0) is 21.2 Å². The molecule has 3 rings (SSSR count). The van der Waals surface area contributed by atoms with Crippen LogP contribution in [0.4, 0.5) is 10.1 Å². The molecule has 0 aromatic heterocycles. The molecule has 3 N–H and O–H groups in total. The molecule has 0 spiro atoms. The highest BCUT2D eigenvalue weighted by atomic mass is 35.5. The molecular formula is C22H19ClFN3O4S. The average molecular weight is 476 g/mol. The Morgan fingerprint density at radius 2 is 1.59 bits per heavy atom. The number of sulfonamides is 1. The Hall–Kier alpha value is -3.43. The number of amides is 2. The van der Waals surface area contributed by atoms with Gasteiger partial charge >= 0.3 is 0 Å². The standard InChI is InChI=1S/C22H19ClFN3O4S/c1-14-12-19(10-11-20(14)24)32(30,31)27-18-8-4-16(5-9-18)22(29)26-25-21(28)13-15-2-6-17(23)7-3-15/h2-12,27H,13H2,1H3,(H,25,28)(H,26,29). The summed E-state index contributed by atoms with van der Waals surface area (Å²) in [6.07, 6.45) is 0.0566. The fourth-order valence-electron chi connectivity index (χ4n) is 2.72. The number of anilines is 1. The molecule has 10 heteroatoms. The van der Waals surface area contributed by atoms with E-state index in [9.17, 15) is 22.4 Å². The molecule has 3 aromatic rings. The lowest BCUT2D eigenvalue weighted by molar-refractivity contribution is -0.121. The first-order chi connectivity index (χ1) is 15.1. The molecule has 0 aliphatic rings. The number of carbonyl (C=O) groups excluding carboxylic acids is 2. The third-order valence-corrected chi connectivity index (χ3v) is 6.06. The topological polar surface area (TPSA) is 104 Å². The number of hydrogen-bond donors (Lipinski definition) is 3. The zero-order chi connectivity index (χ0) is 23.3. The van der Waals surface area contributed by atoms with Gasteiger partial charge in [0.15, 0.2) is 0 Å². The van der Waals surface area contributed by atoms with E-state index in [0.29, 0.717) is 5.02 Å². The SMILES string of the molecule is Cc1cc(S(=O)(=O)Nc2ccc(C(=O)NNC(=O)Cc3ccc(Cl)cc3)cc2)ccc1F. The van der Waals surface area contributed by atoms with Crippen molar-refractivity contribution in [3.8, 4) is 0 Å². The van der Waals surface area contributed by atoms with Crippen LogP contribution in [0.2, 0.25) is 5.02 Å². The van der Waals surface area contributed by atoms with Crippen LogP contribution in [0.25, 0.3) is 0 Å². The Labute approximate surface area is 189 Å². The molecule has 7 nitrogen and oxygen atoms in total. The predicted molar refractivity (Wildman–Crippen MR) is 119 cm³/mol. The van der Waals surface area contributed by atoms with Crippen molar-refractivity contribution in [2.45, 2.75) is 18.2 Å². The van der Waals surface area contributed by atoms with E-state index < -0.39 is 27.7 Å². The summed E-state index contributed by atoms with van der Waals surface area (Å²) in [5, 5.41) is 0.556. The number of hydrazine groups is 1. The summed E-state index contributed by atoms with van der Waals surface area (Å²) in [4.78, 5) is 24.1. The average Bonchev–Trinajstić information content (AvgIpc) is 2.76. The second-order valence-electron chi connectivity index (χ2n) is 6.90. The summed E-state index contributed by atoms with van der Waals surface area (Å²) in [5.41, 5.74) is 5.97. The minimum Gasteiger partial charge on any atom is -0.280 e. The van der Waals surface area contributed by atoms with Gasteiger partial charge in [-0.3, -0.25) is 25.2 Å². The number of nitrogens with one attached hydrogen (secondary N) is 3. The molecule has 0 atom stereocenters. The lowest BCUT2D eigenvalue weighted by atomic mass is 10.1. The molecule has 0 bridgehead atoms. The molecule has 0 fully saturated rings. The highest BCUT2D eigenvalue weighted by Crippen LogP contribution is 2.19. The fourth-order valence-corrected chi connectivity index (χ4v) is 3.99. The smallest absolute Gasteiger partial charge is 0.269 e. The lowest BCUT2D eigenvalue weighted by Gasteiger charge is -2.10. The van der Waals surface area contributed by atoms with Crippen LogP contribution in [0.15, 0.2) is 71.6 Å². The van der Waals surface area contributed by atoms with Crippen molar-refractivity contribution in [3.05, 3.63) is 94.3 Å². The van der Waals surface area contributed by atoms with Gasteiger partial charge in [-0.2, -0.15) is 0 Å². The van der Waals surface area contributed by atoms with Crippen molar-refractivity contribution in [2.24, 2.45) is 0 Å². The molecule has 0 unspecified atom stereocenters. The second kappa shape index (κ2) is 9.80. The van der Waals surface area contributed by atoms with Crippen LogP contribution in [0.3, 0.4) is 0 Å². The Kier molecular flexibility index (Phi) is 7.12. The maximum absolute atomic E-state index is 13.4. The molecule has 0 heterocycles. The molecular weight excluding hydrogens is 457 g/mol. The van der Waals surface area contributed by atoms with Gasteiger partial charge in [-0.25, -0.2) is 12.8 Å². The number of carbonyl (C=O) groups is 2. The van der Waals surface area contributed by atoms with E-state index >= 15 is 0 Å². The molecule has 0 saturated heterocycles. The van der Waals surface area contributed by atoms with Crippen LogP contribution in [-0.4, -0.2) is 20.2 Å². The van der Waals surface area contributed by atoms with Gasteiger partial charge in [-0.1, -0.05) is 23.7 Å². The first-order valence-electron chi connectivity index (χ1n) is 9.37. The summed E-state index contributed by atoms with van der Waals surface area (Å²) in [6.45, 7) is 1.47. The second-order valence-corrected chi connectivity index (χ2v) is 9.02. The zero-order valence-corrected chi connectivity index (χ0v) is 18.4. The van der Waals surface area contributed by atoms with E-state index in [1.165, 1.54) is 43.3 Å². The third-order valence-electron chi connectivity index (χ3n) is 4.43. The van der Waals surface area contributed by atoms with Crippen LogP contribution in [0.5, 0.6) is 0 Å². The van der Waals surface area contributed by atoms with Crippen molar-refractivity contribution in [1.82, 2.24) is 10.9 Å². The Balaban J connectivity index is 1.57. The first kappa shape index (κ1) is 23.2. The van der Waals surface area contributed by atoms with Crippen LogP contribution < -0.4 is 15.6 Å². The Bertz CT molecular complexity index is 1250. The maximum Gasteiger partial charge on any atom is 0.269 e. The van der Waals surface area contributed by atoms with Gasteiger partial charge in [0.25, 0.3) is 15.9 Å². The largest absolute Gasteiger partial charge is 0.280 e. The summed E-state index contributed by atoms with van der Waals surface area (Å²) in [6, 6.07) is 15.8. The van der Waals surface area contributed by atoms with Crippen LogP contribution in [0, 0.1) is 12.7 Å². The highest BCUT2D eigenvalue weighted by Gasteiger charge is 2.16. The maximum atomic E-state index is 13.4. The van der Waals surface area contributed by atoms with E-state index in [0.717, 1.165) is 11.6 Å². The van der Waals surface area contributed by atoms with Gasteiger partial charge in [-0.15, -0.1) is 0 Å². The summed E-state index contributed by atoms with van der Waals surface area (Å²) < 4.78 is 40.7. The molecule has 32 heavy (non-hydrogen) atoms. The van der Waals surface area contributed by atoms with E-state index in [1.54, 1.807) is 24.3 Å². The summed E-state index contributed by atoms with van der Waals surface area (Å²) >= 11 is 5.80. The molecule has 166 valence electrons. The lowest BCUT2D eigenvalue weighted by Crippen LogP contribution is -2.42. The molecule has 3 aromatic carbocycles. The van der Waals surface area contributed by atoms with Gasteiger partial charge in [0.05, 0.1) is 11.3 Å². The third kappa shape index (κ3) is 6.05. The normalized spacial score (nSPS) is 11.0. The van der Waals surface area contributed by atoms with Crippen LogP contribution >= 0.6 is 11.6 Å². The Morgan fingerprint density at radius 1 is 0.938 bits per heavy atom. The van der Waals surface area contributed by atoms with Crippen molar-refractivity contribution in [1.29, 1.82) is 0 Å². The van der Waals surface area contributed by atoms with Crippen molar-refractivity contribution < 1.29 is 22.4 Å². The van der Waals surface area contributed by atoms with Gasteiger partial charge in [0.1, 0.15) is 5.82 Å². The monoisotopic (exact) mass is 475 g/mol. The summed E-state index contributed by atoms with van der Waals surface area (Å²) in [7, 11) is -3.92. The number of rotatable bonds is 6. The number of benzene rings is 3. The Morgan fingerprint density at radius 3 is 2.22 bits per heavy atom. The van der Waals surface area contributed by atoms with Crippen LogP contribution in [0.1, 0.15) is 21.5 Å². The van der Waals surface area contributed by atoms with Crippen molar-refractivity contribution >= 4 is 39.1 Å². The first-order valence-corrected chi connectivity index (χ1v) is 11.2. The zero-order valence-electron chi connectivity index (χ0n) is 16.9. The van der Waals surface area contributed by atoms with Gasteiger partial charge in [-0.05, 0) is 72.6 Å². The van der Waals surface area contributed by atoms with E-state index in [4.69, 9.17) is 11.6 Å². The predicted octanol–water partition coefficient (Wildman–Crippen LogP) is 3.59. The highest BCUT2D eigenvalue weighted by molar-refractivity contribution is 7.92. The minimum absolute atomic E-state index is 0.0566. The quantitative estimate of drug-likeness (QED) is 0.474. The van der Waals surface area contributed by atoms with Crippen molar-refractivity contribution in [3.63, 3.8) is 0 Å². The number of aryl methyl sites for hydroxylation is 1. The van der Waals surface area contributed by atoms with E-state index in [-0.39, 0.29) is 28.1 Å².